The van der Waals surface area contributed by atoms with E-state index in [-0.39, 0.29) is 22.7 Å². The Balaban J connectivity index is 1.96. The average molecular weight is 383 g/mol. The summed E-state index contributed by atoms with van der Waals surface area (Å²) in [4.78, 5) is 15.8. The standard InChI is InChI=1S/C18H20ClFN2O2S/c1-12-9-15(21-5-7-25-8-6-21)22(17(19)16(12)18(23)24)11-13-3-2-4-14(20)10-13/h2-4,9-10,15H,5-8,11H2,1H3,(H,23,24). The maximum Gasteiger partial charge on any atom is 0.339 e. The number of nitrogens with zero attached hydrogens (tertiary/aromatic N) is 2. The van der Waals surface area contributed by atoms with Crippen molar-refractivity contribution in [2.75, 3.05) is 24.6 Å². The van der Waals surface area contributed by atoms with Crippen molar-refractivity contribution in [3.63, 3.8) is 0 Å². The van der Waals surface area contributed by atoms with Crippen molar-refractivity contribution in [1.82, 2.24) is 9.80 Å². The lowest BCUT2D eigenvalue weighted by Gasteiger charge is -2.43. The van der Waals surface area contributed by atoms with E-state index in [4.69, 9.17) is 11.6 Å². The highest BCUT2D eigenvalue weighted by atomic mass is 35.5. The average Bonchev–Trinajstić information content (AvgIpc) is 2.58. The molecule has 0 spiro atoms. The zero-order chi connectivity index (χ0) is 18.0. The Labute approximate surface area is 155 Å². The first-order valence-corrected chi connectivity index (χ1v) is 9.65. The van der Waals surface area contributed by atoms with Crippen LogP contribution >= 0.6 is 23.4 Å². The van der Waals surface area contributed by atoms with Gasteiger partial charge in [0.25, 0.3) is 0 Å². The van der Waals surface area contributed by atoms with E-state index >= 15 is 0 Å². The number of aliphatic carboxylic acids is 1. The highest BCUT2D eigenvalue weighted by Gasteiger charge is 2.33. The van der Waals surface area contributed by atoms with E-state index in [0.29, 0.717) is 12.1 Å². The molecule has 2 aliphatic heterocycles. The minimum atomic E-state index is -1.05. The van der Waals surface area contributed by atoms with Crippen LogP contribution in [0.2, 0.25) is 0 Å². The molecule has 0 amide bonds. The molecule has 0 saturated carbocycles. The summed E-state index contributed by atoms with van der Waals surface area (Å²) in [5, 5.41) is 9.73. The molecule has 0 bridgehead atoms. The third kappa shape index (κ3) is 4.02. The van der Waals surface area contributed by atoms with E-state index in [1.165, 1.54) is 12.1 Å². The van der Waals surface area contributed by atoms with Gasteiger partial charge in [0.1, 0.15) is 17.1 Å². The number of thioether (sulfide) groups is 1. The van der Waals surface area contributed by atoms with Crippen molar-refractivity contribution >= 4 is 29.3 Å². The highest BCUT2D eigenvalue weighted by molar-refractivity contribution is 7.99. The minimum Gasteiger partial charge on any atom is -0.478 e. The van der Waals surface area contributed by atoms with Crippen LogP contribution in [0, 0.1) is 5.82 Å². The van der Waals surface area contributed by atoms with Gasteiger partial charge >= 0.3 is 5.97 Å². The van der Waals surface area contributed by atoms with Crippen LogP contribution in [0.4, 0.5) is 4.39 Å². The van der Waals surface area contributed by atoms with Gasteiger partial charge in [-0.3, -0.25) is 4.90 Å². The Morgan fingerprint density at radius 2 is 2.12 bits per heavy atom. The molecule has 1 unspecified atom stereocenters. The fraction of sp³-hybridized carbons (Fsp3) is 0.389. The molecule has 134 valence electrons. The topological polar surface area (TPSA) is 43.8 Å². The third-order valence-corrected chi connectivity index (χ3v) is 5.80. The Kier molecular flexibility index (Phi) is 5.71. The number of halogens is 2. The van der Waals surface area contributed by atoms with Crippen LogP contribution in [-0.4, -0.2) is 51.6 Å². The van der Waals surface area contributed by atoms with Crippen LogP contribution in [0.25, 0.3) is 0 Å². The molecule has 1 aromatic carbocycles. The largest absolute Gasteiger partial charge is 0.478 e. The smallest absolute Gasteiger partial charge is 0.339 e. The van der Waals surface area contributed by atoms with Crippen molar-refractivity contribution in [2.45, 2.75) is 19.6 Å². The number of rotatable bonds is 4. The van der Waals surface area contributed by atoms with Crippen LogP contribution in [-0.2, 0) is 11.3 Å². The van der Waals surface area contributed by atoms with Crippen LogP contribution in [0.1, 0.15) is 12.5 Å². The van der Waals surface area contributed by atoms with Gasteiger partial charge in [0.2, 0.25) is 0 Å². The Bertz CT molecular complexity index is 732. The lowest BCUT2D eigenvalue weighted by Crippen LogP contribution is -2.50. The van der Waals surface area contributed by atoms with Crippen molar-refractivity contribution in [3.8, 4) is 0 Å². The quantitative estimate of drug-likeness (QED) is 0.807. The highest BCUT2D eigenvalue weighted by Crippen LogP contribution is 2.33. The van der Waals surface area contributed by atoms with Gasteiger partial charge in [0.15, 0.2) is 0 Å². The first kappa shape index (κ1) is 18.3. The van der Waals surface area contributed by atoms with E-state index in [1.807, 2.05) is 28.8 Å². The van der Waals surface area contributed by atoms with Crippen LogP contribution in [0.15, 0.2) is 46.6 Å². The molecule has 7 heteroatoms. The summed E-state index contributed by atoms with van der Waals surface area (Å²) in [5.74, 6) is 0.704. The lowest BCUT2D eigenvalue weighted by atomic mass is 10.0. The summed E-state index contributed by atoms with van der Waals surface area (Å²) in [6.07, 6.45) is 1.82. The molecule has 1 saturated heterocycles. The second-order valence-corrected chi connectivity index (χ2v) is 7.72. The van der Waals surface area contributed by atoms with Crippen LogP contribution in [0.3, 0.4) is 0 Å². The zero-order valence-electron chi connectivity index (χ0n) is 13.9. The SMILES string of the molecule is CC1=CC(N2CCSCC2)N(Cc2cccc(F)c2)C(Cl)=C1C(=O)O. The van der Waals surface area contributed by atoms with E-state index in [0.717, 1.165) is 30.2 Å². The van der Waals surface area contributed by atoms with Crippen molar-refractivity contribution < 1.29 is 14.3 Å². The maximum atomic E-state index is 13.6. The number of hydrogen-bond acceptors (Lipinski definition) is 4. The summed E-state index contributed by atoms with van der Waals surface area (Å²) >= 11 is 8.41. The fourth-order valence-corrected chi connectivity index (χ4v) is 4.54. The fourth-order valence-electron chi connectivity index (χ4n) is 3.22. The van der Waals surface area contributed by atoms with Gasteiger partial charge in [-0.25, -0.2) is 9.18 Å². The number of carboxylic acid groups (broad SMARTS) is 1. The molecule has 4 nitrogen and oxygen atoms in total. The van der Waals surface area contributed by atoms with Gasteiger partial charge in [-0.05, 0) is 36.3 Å². The van der Waals surface area contributed by atoms with Gasteiger partial charge in [-0.2, -0.15) is 11.8 Å². The Hall–Kier alpha value is -1.50. The van der Waals surface area contributed by atoms with Gasteiger partial charge in [0, 0.05) is 31.1 Å². The molecule has 0 aromatic heterocycles. The zero-order valence-corrected chi connectivity index (χ0v) is 15.5. The molecule has 3 rings (SSSR count). The summed E-state index contributed by atoms with van der Waals surface area (Å²) in [6.45, 7) is 3.94. The first-order chi connectivity index (χ1) is 12.0. The van der Waals surface area contributed by atoms with Gasteiger partial charge < -0.3 is 10.0 Å². The van der Waals surface area contributed by atoms with Crippen molar-refractivity contribution in [2.24, 2.45) is 0 Å². The molecule has 1 N–H and O–H groups in total. The third-order valence-electron chi connectivity index (χ3n) is 4.45. The molecule has 1 aromatic rings. The van der Waals surface area contributed by atoms with Crippen LogP contribution < -0.4 is 0 Å². The summed E-state index contributed by atoms with van der Waals surface area (Å²) in [5.41, 5.74) is 1.53. The second-order valence-electron chi connectivity index (χ2n) is 6.14. The molecular weight excluding hydrogens is 363 g/mol. The van der Waals surface area contributed by atoms with E-state index < -0.39 is 5.97 Å². The number of carboxylic acids is 1. The number of hydrogen-bond donors (Lipinski definition) is 1. The molecule has 1 atom stereocenters. The van der Waals surface area contributed by atoms with E-state index in [1.54, 1.807) is 13.0 Å². The van der Waals surface area contributed by atoms with Crippen molar-refractivity contribution in [1.29, 1.82) is 0 Å². The second kappa shape index (κ2) is 7.81. The predicted molar refractivity (Wildman–Crippen MR) is 98.9 cm³/mol. The minimum absolute atomic E-state index is 0.112. The number of carbonyl (C=O) groups is 1. The van der Waals surface area contributed by atoms with Gasteiger partial charge in [-0.1, -0.05) is 23.7 Å². The van der Waals surface area contributed by atoms with Gasteiger partial charge in [-0.15, -0.1) is 0 Å². The molecule has 2 aliphatic rings. The normalized spacial score (nSPS) is 22.1. The van der Waals surface area contributed by atoms with Crippen molar-refractivity contribution in [3.05, 3.63) is 58.0 Å². The maximum absolute atomic E-state index is 13.6. The van der Waals surface area contributed by atoms with Crippen LogP contribution in [0.5, 0.6) is 0 Å². The lowest BCUT2D eigenvalue weighted by molar-refractivity contribution is -0.132. The summed E-state index contributed by atoms with van der Waals surface area (Å²) in [6, 6.07) is 6.32. The molecule has 25 heavy (non-hydrogen) atoms. The summed E-state index contributed by atoms with van der Waals surface area (Å²) < 4.78 is 13.6. The molecule has 1 fully saturated rings. The molecular formula is C18H20ClFN2O2S. The monoisotopic (exact) mass is 382 g/mol. The predicted octanol–water partition coefficient (Wildman–Crippen LogP) is 3.50. The molecule has 0 aliphatic carbocycles. The van der Waals surface area contributed by atoms with Gasteiger partial charge in [0.05, 0.1) is 5.57 Å². The Morgan fingerprint density at radius 1 is 1.40 bits per heavy atom. The summed E-state index contributed by atoms with van der Waals surface area (Å²) in [7, 11) is 0. The molecule has 2 heterocycles. The number of benzene rings is 1. The first-order valence-electron chi connectivity index (χ1n) is 8.12. The van der Waals surface area contributed by atoms with E-state index in [9.17, 15) is 14.3 Å². The van der Waals surface area contributed by atoms with E-state index in [2.05, 4.69) is 4.90 Å². The Morgan fingerprint density at radius 3 is 2.76 bits per heavy atom. The molecule has 0 radical (unpaired) electrons.